The number of hydrogen-bond donors (Lipinski definition) is 4. The van der Waals surface area contributed by atoms with Crippen LogP contribution in [-0.4, -0.2) is 86.5 Å². The maximum Gasteiger partial charge on any atom is 0.338 e. The normalized spacial score (nSPS) is 13.3. The van der Waals surface area contributed by atoms with Crippen molar-refractivity contribution in [1.82, 2.24) is 20.2 Å². The van der Waals surface area contributed by atoms with Gasteiger partial charge in [-0.05, 0) is 105 Å². The lowest BCUT2D eigenvalue weighted by Gasteiger charge is -2.32. The van der Waals surface area contributed by atoms with Crippen LogP contribution in [0.3, 0.4) is 0 Å². The van der Waals surface area contributed by atoms with Crippen LogP contribution in [0.2, 0.25) is 0 Å². The number of nitrogens with one attached hydrogen (secondary N) is 1. The van der Waals surface area contributed by atoms with Crippen molar-refractivity contribution >= 4 is 48.3 Å². The fourth-order valence-electron chi connectivity index (χ4n) is 7.72. The number of anilines is 2. The molecule has 2 aliphatic heterocycles. The number of carboxylic acids is 1. The highest BCUT2D eigenvalue weighted by Crippen LogP contribution is 2.38. The first-order valence-electron chi connectivity index (χ1n) is 21.7. The highest BCUT2D eigenvalue weighted by molar-refractivity contribution is 5.95. The van der Waals surface area contributed by atoms with Crippen molar-refractivity contribution in [3.8, 4) is 46.0 Å². The summed E-state index contributed by atoms with van der Waals surface area (Å²) < 4.78 is 86.5. The summed E-state index contributed by atoms with van der Waals surface area (Å²) in [5.41, 5.74) is 12.9. The molecule has 2 aromatic heterocycles. The number of aromatic nitrogens is 2. The number of pyridine rings is 2. The number of nitrogens with zero attached hydrogens (tertiary/aromatic N) is 3. The Hall–Kier alpha value is -7.22. The highest BCUT2D eigenvalue weighted by atomic mass is 35.5. The number of ether oxygens (including phenoxy) is 6. The molecule has 0 unspecified atom stereocenters. The minimum atomic E-state index is -1.41. The van der Waals surface area contributed by atoms with Gasteiger partial charge in [-0.15, -0.1) is 24.8 Å². The predicted molar refractivity (Wildman–Crippen MR) is 263 cm³/mol. The highest BCUT2D eigenvalue weighted by Gasteiger charge is 2.29. The van der Waals surface area contributed by atoms with Crippen LogP contribution >= 0.6 is 24.8 Å². The van der Waals surface area contributed by atoms with Crippen LogP contribution in [0.1, 0.15) is 69.4 Å². The van der Waals surface area contributed by atoms with Gasteiger partial charge in [0, 0.05) is 66.9 Å². The number of benzene rings is 4. The molecule has 0 atom stereocenters. The minimum Gasteiger partial charge on any atom is -0.496 e. The zero-order valence-corrected chi connectivity index (χ0v) is 40.7. The molecule has 1 amide bonds. The number of carbonyl (C=O) groups is 2. The Morgan fingerprint density at radius 1 is 0.577 bits per heavy atom. The van der Waals surface area contributed by atoms with Crippen molar-refractivity contribution in [2.75, 3.05) is 66.1 Å². The Morgan fingerprint density at radius 2 is 0.972 bits per heavy atom. The molecule has 6 N–H and O–H groups in total. The largest absolute Gasteiger partial charge is 0.496 e. The molecule has 2 fully saturated rings. The summed E-state index contributed by atoms with van der Waals surface area (Å²) in [4.78, 5) is 33.8. The molecule has 380 valence electrons. The quantitative estimate of drug-likeness (QED) is 0.0843. The van der Waals surface area contributed by atoms with Gasteiger partial charge in [-0.25, -0.2) is 32.3 Å². The summed E-state index contributed by atoms with van der Waals surface area (Å²) in [5.74, 6) is -0.288. The number of nitrogens with two attached hydrogens (primary N) is 2. The van der Waals surface area contributed by atoms with Crippen LogP contribution in [-0.2, 0) is 0 Å². The number of likely N-dealkylation sites (tertiary alicyclic amines) is 1. The monoisotopic (exact) mass is 1030 g/mol. The first-order valence-corrected chi connectivity index (χ1v) is 21.7. The molecular weight excluding hydrogens is 975 g/mol. The van der Waals surface area contributed by atoms with E-state index in [4.69, 9.17) is 45.0 Å². The third-order valence-corrected chi connectivity index (χ3v) is 11.3. The smallest absolute Gasteiger partial charge is 0.338 e. The molecule has 71 heavy (non-hydrogen) atoms. The Bertz CT molecular complexity index is 2710. The van der Waals surface area contributed by atoms with Gasteiger partial charge in [0.05, 0.1) is 39.6 Å². The molecule has 21 heteroatoms. The van der Waals surface area contributed by atoms with E-state index in [1.54, 1.807) is 37.4 Å². The number of methoxy groups -OCH3 is 4. The van der Waals surface area contributed by atoms with Crippen LogP contribution in [0.4, 0.5) is 29.2 Å². The number of halogens is 6. The van der Waals surface area contributed by atoms with Crippen molar-refractivity contribution in [1.29, 1.82) is 0 Å². The van der Waals surface area contributed by atoms with E-state index < -0.39 is 40.7 Å². The van der Waals surface area contributed by atoms with E-state index in [9.17, 15) is 27.2 Å². The maximum absolute atomic E-state index is 14.9. The van der Waals surface area contributed by atoms with Gasteiger partial charge in [0.15, 0.2) is 23.0 Å². The molecule has 0 saturated carbocycles. The first-order chi connectivity index (χ1) is 33.2. The average Bonchev–Trinajstić information content (AvgIpc) is 3.36. The van der Waals surface area contributed by atoms with Crippen LogP contribution in [0.15, 0.2) is 97.3 Å². The molecule has 4 aromatic carbocycles. The molecular formula is C50H54Cl2F4N6O9. The number of nitrogen functional groups attached to an aromatic ring is 2. The van der Waals surface area contributed by atoms with E-state index in [0.717, 1.165) is 55.4 Å². The second-order valence-electron chi connectivity index (χ2n) is 15.7. The molecule has 2 saturated heterocycles. The topological polar surface area (TPSA) is 203 Å². The Morgan fingerprint density at radius 3 is 1.38 bits per heavy atom. The third kappa shape index (κ3) is 14.9. The van der Waals surface area contributed by atoms with Gasteiger partial charge in [0.2, 0.25) is 0 Å². The summed E-state index contributed by atoms with van der Waals surface area (Å²) in [7, 11) is 5.96. The average molecular weight is 1030 g/mol. The lowest BCUT2D eigenvalue weighted by Crippen LogP contribution is -2.38. The molecule has 0 spiro atoms. The lowest BCUT2D eigenvalue weighted by atomic mass is 9.89. The minimum absolute atomic E-state index is 0. The fraction of sp³-hybridized carbons (Fsp3) is 0.280. The van der Waals surface area contributed by atoms with E-state index in [-0.39, 0.29) is 65.0 Å². The van der Waals surface area contributed by atoms with Crippen molar-refractivity contribution < 1.29 is 60.7 Å². The molecule has 0 aliphatic carbocycles. The standard InChI is InChI=1S/C25H25F2N3O4.C14H10F2O4.C11H17N3O.2ClH/c1-32-21-13-24(28)29-14-19(21)15-7-9-30(10-8-15)25(31)18-11-22(33-2)23(12-20(18)27)34-17-5-3-16(26)4-6-17;1-19-12-6-10(14(17)18)11(16)7-13(12)20-9-4-2-8(15)3-5-9;1-15-10-6-11(12)14-7-9(10)8-2-4-13-5-3-8;;/h3-6,11-15H,7-10H2,1-2H3,(H2,28,29);2-7H,1H3,(H,17,18);6-8,13H,2-5H2,1H3,(H2,12,14);2*1H. The summed E-state index contributed by atoms with van der Waals surface area (Å²) in [6.45, 7) is 3.04. The predicted octanol–water partition coefficient (Wildman–Crippen LogP) is 10.2. The number of hydrogen-bond acceptors (Lipinski definition) is 13. The Balaban J connectivity index is 0.000000251. The second-order valence-corrected chi connectivity index (χ2v) is 15.7. The zero-order chi connectivity index (χ0) is 49.6. The van der Waals surface area contributed by atoms with Gasteiger partial charge in [0.25, 0.3) is 5.91 Å². The van der Waals surface area contributed by atoms with E-state index >= 15 is 0 Å². The molecule has 15 nitrogen and oxygen atoms in total. The molecule has 0 radical (unpaired) electrons. The lowest BCUT2D eigenvalue weighted by molar-refractivity contribution is 0.0687. The van der Waals surface area contributed by atoms with Crippen molar-refractivity contribution in [2.24, 2.45) is 0 Å². The zero-order valence-electron chi connectivity index (χ0n) is 39.1. The fourth-order valence-corrected chi connectivity index (χ4v) is 7.72. The van der Waals surface area contributed by atoms with Crippen molar-refractivity contribution in [2.45, 2.75) is 37.5 Å². The number of rotatable bonds is 12. The van der Waals surface area contributed by atoms with Gasteiger partial charge in [-0.3, -0.25) is 4.79 Å². The summed E-state index contributed by atoms with van der Waals surface area (Å²) in [6.07, 6.45) is 7.20. The molecule has 8 rings (SSSR count). The van der Waals surface area contributed by atoms with Gasteiger partial charge < -0.3 is 55.2 Å². The number of amides is 1. The van der Waals surface area contributed by atoms with Crippen LogP contribution in [0.5, 0.6) is 46.0 Å². The van der Waals surface area contributed by atoms with E-state index in [1.807, 2.05) is 6.20 Å². The second kappa shape index (κ2) is 26.7. The molecule has 0 bridgehead atoms. The maximum atomic E-state index is 14.9. The van der Waals surface area contributed by atoms with E-state index in [0.29, 0.717) is 55.0 Å². The van der Waals surface area contributed by atoms with Crippen molar-refractivity contribution in [3.63, 3.8) is 0 Å². The number of carbonyl (C=O) groups excluding carboxylic acids is 1. The summed E-state index contributed by atoms with van der Waals surface area (Å²) in [6, 6.07) is 18.2. The van der Waals surface area contributed by atoms with Crippen LogP contribution in [0, 0.1) is 23.3 Å². The number of piperidine rings is 2. The molecule has 2 aliphatic rings. The summed E-state index contributed by atoms with van der Waals surface area (Å²) >= 11 is 0. The van der Waals surface area contributed by atoms with Gasteiger partial charge in [-0.2, -0.15) is 0 Å². The van der Waals surface area contributed by atoms with Gasteiger partial charge in [-0.1, -0.05) is 0 Å². The van der Waals surface area contributed by atoms with Crippen LogP contribution in [0.25, 0.3) is 0 Å². The van der Waals surface area contributed by atoms with Gasteiger partial charge >= 0.3 is 5.97 Å². The van der Waals surface area contributed by atoms with Crippen LogP contribution < -0.4 is 45.2 Å². The van der Waals surface area contributed by atoms with E-state index in [1.165, 1.54) is 74.4 Å². The Labute approximate surface area is 420 Å². The summed E-state index contributed by atoms with van der Waals surface area (Å²) in [5, 5.41) is 12.2. The molecule has 6 aromatic rings. The Kier molecular flexibility index (Phi) is 21.2. The van der Waals surface area contributed by atoms with Crippen molar-refractivity contribution in [3.05, 3.63) is 143 Å². The first kappa shape index (κ1) is 56.4. The number of carboxylic acid groups (broad SMARTS) is 1. The third-order valence-electron chi connectivity index (χ3n) is 11.3. The van der Waals surface area contributed by atoms with Gasteiger partial charge in [0.1, 0.15) is 57.9 Å². The molecule has 4 heterocycles. The van der Waals surface area contributed by atoms with E-state index in [2.05, 4.69) is 15.3 Å². The number of aromatic carboxylic acids is 1. The SMILES string of the molecule is COc1cc(C(=O)N2CCC(c3cnc(N)cc3OC)CC2)c(F)cc1Oc1ccc(F)cc1.COc1cc(C(=O)O)c(F)cc1Oc1ccc(F)cc1.COc1cc(N)ncc1C1CCNCC1.Cl.Cl.